The Balaban J connectivity index is 1.77. The number of nitrogens with one attached hydrogen (secondary N) is 3. The molecule has 0 radical (unpaired) electrons. The van der Waals surface area contributed by atoms with E-state index in [4.69, 9.17) is 12.2 Å². The summed E-state index contributed by atoms with van der Waals surface area (Å²) >= 11 is 5.25. The first kappa shape index (κ1) is 16.3. The molecule has 0 saturated heterocycles. The Bertz CT molecular complexity index is 899. The van der Waals surface area contributed by atoms with E-state index < -0.39 is 11.9 Å². The Morgan fingerprint density at radius 1 is 1.04 bits per heavy atom. The number of aromatic nitrogens is 1. The largest absolute Gasteiger partial charge is 0.431 e. The minimum absolute atomic E-state index is 0.371. The summed E-state index contributed by atoms with van der Waals surface area (Å²) in [6.45, 7) is 1.95. The number of rotatable bonds is 2. The van der Waals surface area contributed by atoms with Crippen molar-refractivity contribution >= 4 is 39.6 Å². The third-order valence-corrected chi connectivity index (χ3v) is 3.78. The topological polar surface area (TPSA) is 39.8 Å². The number of benzene rings is 2. The van der Waals surface area contributed by atoms with Gasteiger partial charge in [0.25, 0.3) is 0 Å². The van der Waals surface area contributed by atoms with Crippen LogP contribution in [-0.2, 0) is 6.18 Å². The van der Waals surface area contributed by atoms with Gasteiger partial charge in [0.05, 0.1) is 0 Å². The van der Waals surface area contributed by atoms with Crippen molar-refractivity contribution < 1.29 is 13.2 Å². The molecule has 24 heavy (non-hydrogen) atoms. The monoisotopic (exact) mass is 349 g/mol. The highest BCUT2D eigenvalue weighted by molar-refractivity contribution is 7.80. The molecule has 1 aromatic heterocycles. The number of alkyl halides is 3. The molecule has 0 aliphatic heterocycles. The van der Waals surface area contributed by atoms with Gasteiger partial charge >= 0.3 is 6.18 Å². The molecule has 0 fully saturated rings. The second-order valence-corrected chi connectivity index (χ2v) is 5.79. The second-order valence-electron chi connectivity index (χ2n) is 5.38. The second kappa shape index (κ2) is 6.16. The number of anilines is 2. The average molecular weight is 349 g/mol. The number of hydrogen-bond donors (Lipinski definition) is 3. The van der Waals surface area contributed by atoms with Crippen molar-refractivity contribution in [3.8, 4) is 0 Å². The van der Waals surface area contributed by atoms with E-state index in [0.29, 0.717) is 21.7 Å². The number of para-hydroxylation sites is 1. The number of fused-ring (bicyclic) bond motifs is 1. The summed E-state index contributed by atoms with van der Waals surface area (Å²) in [6.07, 6.45) is -4.39. The molecular formula is C17H14F3N3S. The van der Waals surface area contributed by atoms with E-state index >= 15 is 0 Å². The molecule has 0 aliphatic rings. The predicted octanol–water partition coefficient (Wildman–Crippen LogP) is 5.30. The van der Waals surface area contributed by atoms with Crippen LogP contribution in [0.1, 0.15) is 11.3 Å². The zero-order chi connectivity index (χ0) is 17.3. The number of aromatic amines is 1. The van der Waals surface area contributed by atoms with Crippen LogP contribution in [0.4, 0.5) is 24.5 Å². The van der Waals surface area contributed by atoms with Crippen LogP contribution in [0.15, 0.2) is 48.5 Å². The van der Waals surface area contributed by atoms with Crippen molar-refractivity contribution in [2.45, 2.75) is 13.1 Å². The maximum Gasteiger partial charge on any atom is 0.431 e. The maximum atomic E-state index is 12.7. The van der Waals surface area contributed by atoms with Crippen LogP contribution in [-0.4, -0.2) is 10.1 Å². The standard InChI is InChI=1S/C17H14F3N3S/c1-10-4-2-3-5-13(10)23-16(24)21-12-6-7-14-11(8-12)9-15(22-14)17(18,19)20/h2-9,22H,1H3,(H2,21,23,24). The Morgan fingerprint density at radius 3 is 2.50 bits per heavy atom. The summed E-state index contributed by atoms with van der Waals surface area (Å²) < 4.78 is 38.2. The van der Waals surface area contributed by atoms with Gasteiger partial charge in [-0.1, -0.05) is 18.2 Å². The normalized spacial score (nSPS) is 11.5. The Morgan fingerprint density at radius 2 is 1.79 bits per heavy atom. The highest BCUT2D eigenvalue weighted by Gasteiger charge is 2.32. The molecule has 124 valence electrons. The summed E-state index contributed by atoms with van der Waals surface area (Å²) in [7, 11) is 0. The molecule has 0 spiro atoms. The first-order valence-electron chi connectivity index (χ1n) is 7.16. The Kier molecular flexibility index (Phi) is 4.19. The van der Waals surface area contributed by atoms with Gasteiger partial charge in [0.1, 0.15) is 5.69 Å². The van der Waals surface area contributed by atoms with Crippen LogP contribution < -0.4 is 10.6 Å². The van der Waals surface area contributed by atoms with Crippen LogP contribution in [0.2, 0.25) is 0 Å². The first-order chi connectivity index (χ1) is 11.3. The lowest BCUT2D eigenvalue weighted by Crippen LogP contribution is -2.19. The zero-order valence-electron chi connectivity index (χ0n) is 12.7. The number of halogens is 3. The molecule has 0 saturated carbocycles. The van der Waals surface area contributed by atoms with E-state index in [1.165, 1.54) is 0 Å². The molecule has 0 amide bonds. The van der Waals surface area contributed by atoms with Gasteiger partial charge in [-0.15, -0.1) is 0 Å². The lowest BCUT2D eigenvalue weighted by atomic mass is 10.2. The molecule has 2 aromatic carbocycles. The summed E-state index contributed by atoms with van der Waals surface area (Å²) in [5.41, 5.74) is 2.18. The van der Waals surface area contributed by atoms with Gasteiger partial charge in [0.15, 0.2) is 5.11 Å². The molecule has 0 atom stereocenters. The Hall–Kier alpha value is -2.54. The van der Waals surface area contributed by atoms with Crippen molar-refractivity contribution in [1.29, 1.82) is 0 Å². The highest BCUT2D eigenvalue weighted by atomic mass is 32.1. The molecule has 3 nitrogen and oxygen atoms in total. The summed E-state index contributed by atoms with van der Waals surface area (Å²) in [4.78, 5) is 2.36. The first-order valence-corrected chi connectivity index (χ1v) is 7.57. The molecule has 3 N–H and O–H groups in total. The molecular weight excluding hydrogens is 335 g/mol. The van der Waals surface area contributed by atoms with Crippen molar-refractivity contribution in [3.63, 3.8) is 0 Å². The fourth-order valence-corrected chi connectivity index (χ4v) is 2.59. The van der Waals surface area contributed by atoms with Crippen LogP contribution in [0.25, 0.3) is 10.9 Å². The van der Waals surface area contributed by atoms with Gasteiger partial charge < -0.3 is 15.6 Å². The van der Waals surface area contributed by atoms with Gasteiger partial charge in [-0.05, 0) is 55.0 Å². The maximum absolute atomic E-state index is 12.7. The van der Waals surface area contributed by atoms with Crippen LogP contribution >= 0.6 is 12.2 Å². The molecule has 3 rings (SSSR count). The molecule has 0 unspecified atom stereocenters. The van der Waals surface area contributed by atoms with Gasteiger partial charge in [-0.25, -0.2) is 0 Å². The van der Waals surface area contributed by atoms with E-state index in [0.717, 1.165) is 17.3 Å². The number of H-pyrrole nitrogens is 1. The van der Waals surface area contributed by atoms with Crippen LogP contribution in [0.5, 0.6) is 0 Å². The number of thiocarbonyl (C=S) groups is 1. The van der Waals surface area contributed by atoms with Crippen molar-refractivity contribution in [1.82, 2.24) is 4.98 Å². The quantitative estimate of drug-likeness (QED) is 0.550. The third kappa shape index (κ3) is 3.51. The van der Waals surface area contributed by atoms with Crippen LogP contribution in [0, 0.1) is 6.92 Å². The van der Waals surface area contributed by atoms with Gasteiger partial charge in [-0.3, -0.25) is 0 Å². The smallest absolute Gasteiger partial charge is 0.351 e. The van der Waals surface area contributed by atoms with E-state index in [1.54, 1.807) is 18.2 Å². The highest BCUT2D eigenvalue weighted by Crippen LogP contribution is 2.31. The van der Waals surface area contributed by atoms with Crippen molar-refractivity contribution in [3.05, 3.63) is 59.8 Å². The van der Waals surface area contributed by atoms with E-state index in [9.17, 15) is 13.2 Å². The molecule has 0 aliphatic carbocycles. The summed E-state index contributed by atoms with van der Waals surface area (Å²) in [5.74, 6) is 0. The predicted molar refractivity (Wildman–Crippen MR) is 94.3 cm³/mol. The third-order valence-electron chi connectivity index (χ3n) is 3.58. The number of hydrogen-bond acceptors (Lipinski definition) is 1. The van der Waals surface area contributed by atoms with Gasteiger partial charge in [0.2, 0.25) is 0 Å². The van der Waals surface area contributed by atoms with Crippen LogP contribution in [0.3, 0.4) is 0 Å². The SMILES string of the molecule is Cc1ccccc1NC(=S)Nc1ccc2[nH]c(C(F)(F)F)cc2c1. The van der Waals surface area contributed by atoms with Crippen molar-refractivity contribution in [2.75, 3.05) is 10.6 Å². The molecule has 3 aromatic rings. The molecule has 0 bridgehead atoms. The van der Waals surface area contributed by atoms with E-state index in [-0.39, 0.29) is 0 Å². The van der Waals surface area contributed by atoms with E-state index in [2.05, 4.69) is 15.6 Å². The van der Waals surface area contributed by atoms with Gasteiger partial charge in [-0.2, -0.15) is 13.2 Å². The molecule has 1 heterocycles. The lowest BCUT2D eigenvalue weighted by molar-refractivity contribution is -0.140. The summed E-state index contributed by atoms with van der Waals surface area (Å²) in [6, 6.07) is 13.6. The fourth-order valence-electron chi connectivity index (χ4n) is 2.36. The zero-order valence-corrected chi connectivity index (χ0v) is 13.5. The summed E-state index contributed by atoms with van der Waals surface area (Å²) in [5, 5.41) is 6.89. The minimum Gasteiger partial charge on any atom is -0.351 e. The average Bonchev–Trinajstić information content (AvgIpc) is 2.93. The Labute approximate surface area is 141 Å². The van der Waals surface area contributed by atoms with Crippen molar-refractivity contribution in [2.24, 2.45) is 0 Å². The molecule has 7 heteroatoms. The lowest BCUT2D eigenvalue weighted by Gasteiger charge is -2.12. The fraction of sp³-hybridized carbons (Fsp3) is 0.118. The minimum atomic E-state index is -4.39. The van der Waals surface area contributed by atoms with E-state index in [1.807, 2.05) is 31.2 Å². The number of aryl methyl sites for hydroxylation is 1. The van der Waals surface area contributed by atoms with Gasteiger partial charge in [0, 0.05) is 22.3 Å².